The van der Waals surface area contributed by atoms with Crippen molar-refractivity contribution in [1.82, 2.24) is 14.6 Å². The van der Waals surface area contributed by atoms with Crippen LogP contribution in [0, 0.1) is 13.8 Å². The number of benzene rings is 3. The highest BCUT2D eigenvalue weighted by Gasteiger charge is 2.31. The van der Waals surface area contributed by atoms with Crippen molar-refractivity contribution < 1.29 is 4.90 Å². The zero-order chi connectivity index (χ0) is 25.4. The van der Waals surface area contributed by atoms with Crippen LogP contribution >= 0.6 is 11.6 Å². The Morgan fingerprint density at radius 2 is 1.41 bits per heavy atom. The molecule has 0 radical (unpaired) electrons. The summed E-state index contributed by atoms with van der Waals surface area (Å²) in [6.45, 7) is 8.13. The largest absolute Gasteiger partial charge is 0.345 e. The molecule has 2 aromatic heterocycles. The van der Waals surface area contributed by atoms with Crippen LogP contribution < -0.4 is 9.80 Å². The summed E-state index contributed by atoms with van der Waals surface area (Å²) in [5.74, 6) is 1.11. The molecule has 1 fully saturated rings. The summed E-state index contributed by atoms with van der Waals surface area (Å²) in [5, 5.41) is 5.68. The lowest BCUT2D eigenvalue weighted by Gasteiger charge is -2.38. The lowest BCUT2D eigenvalue weighted by molar-refractivity contribution is -0.926. The van der Waals surface area contributed by atoms with Gasteiger partial charge >= 0.3 is 0 Å². The zero-order valence-corrected chi connectivity index (χ0v) is 22.0. The summed E-state index contributed by atoms with van der Waals surface area (Å²) < 4.78 is 2.03. The van der Waals surface area contributed by atoms with Gasteiger partial charge in [-0.1, -0.05) is 84.4 Å². The Hall–Kier alpha value is -3.67. The van der Waals surface area contributed by atoms with E-state index in [1.165, 1.54) is 11.1 Å². The minimum Gasteiger partial charge on any atom is -0.345 e. The number of rotatable bonds is 5. The number of fused-ring (bicyclic) bond motifs is 1. The Bertz CT molecular complexity index is 1470. The Morgan fingerprint density at radius 1 is 0.811 bits per heavy atom. The highest BCUT2D eigenvalue weighted by atomic mass is 35.5. The molecule has 0 bridgehead atoms. The third-order valence-electron chi connectivity index (χ3n) is 7.41. The molecule has 0 atom stereocenters. The predicted molar refractivity (Wildman–Crippen MR) is 151 cm³/mol. The Balaban J connectivity index is 1.31. The van der Waals surface area contributed by atoms with E-state index in [9.17, 15) is 0 Å². The Labute approximate surface area is 223 Å². The highest BCUT2D eigenvalue weighted by molar-refractivity contribution is 6.30. The molecule has 5 nitrogen and oxygen atoms in total. The minimum absolute atomic E-state index is 0.326. The second-order valence-corrected chi connectivity index (χ2v) is 10.3. The van der Waals surface area contributed by atoms with Crippen LogP contribution in [0.3, 0.4) is 0 Å². The Morgan fingerprint density at radius 3 is 2.00 bits per heavy atom. The molecule has 1 aliphatic rings. The first-order valence-electron chi connectivity index (χ1n) is 12.9. The molecule has 1 saturated heterocycles. The normalized spacial score (nSPS) is 14.5. The van der Waals surface area contributed by atoms with E-state index in [0.29, 0.717) is 6.04 Å². The summed E-state index contributed by atoms with van der Waals surface area (Å²) in [6, 6.07) is 32.3. The third-order valence-corrected chi connectivity index (χ3v) is 7.66. The topological polar surface area (TPSA) is 37.9 Å². The van der Waals surface area contributed by atoms with Gasteiger partial charge in [-0.2, -0.15) is 9.61 Å². The number of halogens is 1. The molecule has 1 N–H and O–H groups in total. The van der Waals surface area contributed by atoms with Crippen molar-refractivity contribution in [3.8, 4) is 11.1 Å². The minimum atomic E-state index is 0.326. The lowest BCUT2D eigenvalue weighted by Crippen LogP contribution is -3.15. The molecule has 0 aliphatic carbocycles. The van der Waals surface area contributed by atoms with Gasteiger partial charge in [-0.25, -0.2) is 4.98 Å². The van der Waals surface area contributed by atoms with Crippen LogP contribution in [0.25, 0.3) is 16.8 Å². The first kappa shape index (κ1) is 23.7. The maximum atomic E-state index is 6.15. The molecular formula is C31H31ClN5+. The maximum absolute atomic E-state index is 6.15. The molecule has 186 valence electrons. The van der Waals surface area contributed by atoms with E-state index in [4.69, 9.17) is 21.7 Å². The van der Waals surface area contributed by atoms with E-state index in [1.54, 1.807) is 4.90 Å². The second-order valence-electron chi connectivity index (χ2n) is 9.86. The van der Waals surface area contributed by atoms with E-state index >= 15 is 0 Å². The summed E-state index contributed by atoms with van der Waals surface area (Å²) in [7, 11) is 0. The first-order valence-corrected chi connectivity index (χ1v) is 13.3. The number of nitrogens with one attached hydrogen (secondary N) is 1. The predicted octanol–water partition coefficient (Wildman–Crippen LogP) is 5.16. The van der Waals surface area contributed by atoms with Gasteiger partial charge in [0.05, 0.1) is 31.9 Å². The average Bonchev–Trinajstić information content (AvgIpc) is 3.26. The number of aromatic nitrogens is 3. The fourth-order valence-electron chi connectivity index (χ4n) is 5.67. The van der Waals surface area contributed by atoms with Crippen molar-refractivity contribution in [2.45, 2.75) is 19.9 Å². The van der Waals surface area contributed by atoms with Crippen molar-refractivity contribution in [3.05, 3.63) is 119 Å². The summed E-state index contributed by atoms with van der Waals surface area (Å²) in [4.78, 5) is 8.97. The van der Waals surface area contributed by atoms with Gasteiger partial charge in [0, 0.05) is 33.5 Å². The van der Waals surface area contributed by atoms with Crippen molar-refractivity contribution in [3.63, 3.8) is 0 Å². The van der Waals surface area contributed by atoms with Crippen LogP contribution in [0.1, 0.15) is 28.6 Å². The van der Waals surface area contributed by atoms with Gasteiger partial charge in [0.15, 0.2) is 5.65 Å². The van der Waals surface area contributed by atoms with Gasteiger partial charge in [0.1, 0.15) is 11.9 Å². The van der Waals surface area contributed by atoms with Crippen molar-refractivity contribution in [2.75, 3.05) is 31.1 Å². The molecule has 0 amide bonds. The number of quaternary nitrogens is 1. The van der Waals surface area contributed by atoms with Gasteiger partial charge in [-0.05, 0) is 31.5 Å². The van der Waals surface area contributed by atoms with E-state index in [-0.39, 0.29) is 0 Å². The van der Waals surface area contributed by atoms with Crippen LogP contribution in [-0.2, 0) is 0 Å². The summed E-state index contributed by atoms with van der Waals surface area (Å²) in [6.07, 6.45) is 0. The molecule has 3 aromatic carbocycles. The zero-order valence-electron chi connectivity index (χ0n) is 21.2. The standard InChI is InChI=1S/C31H30ClN5/c1-22-21-28(37-31(33-22)29(23(2)34-37)24-13-15-27(32)16-14-24)35-17-19-36(20-18-35)30(25-9-5-3-6-10-25)26-11-7-4-8-12-26/h3-16,21,30H,17-20H2,1-2H3/p+1. The molecular weight excluding hydrogens is 478 g/mol. The van der Waals surface area contributed by atoms with Gasteiger partial charge in [0.2, 0.25) is 0 Å². The van der Waals surface area contributed by atoms with E-state index in [0.717, 1.165) is 65.2 Å². The highest BCUT2D eigenvalue weighted by Crippen LogP contribution is 2.31. The lowest BCUT2D eigenvalue weighted by atomic mass is 9.96. The first-order chi connectivity index (χ1) is 18.1. The van der Waals surface area contributed by atoms with E-state index in [1.807, 2.05) is 28.8 Å². The van der Waals surface area contributed by atoms with Crippen LogP contribution in [-0.4, -0.2) is 40.8 Å². The van der Waals surface area contributed by atoms with E-state index < -0.39 is 0 Å². The van der Waals surface area contributed by atoms with Gasteiger partial charge in [0.25, 0.3) is 0 Å². The number of nitrogens with zero attached hydrogens (tertiary/aromatic N) is 4. The number of piperazine rings is 1. The molecule has 37 heavy (non-hydrogen) atoms. The van der Waals surface area contributed by atoms with Crippen molar-refractivity contribution >= 4 is 23.1 Å². The van der Waals surface area contributed by atoms with Crippen molar-refractivity contribution in [1.29, 1.82) is 0 Å². The molecule has 1 aliphatic heterocycles. The SMILES string of the molecule is Cc1cc(N2CC[NH+](C(c3ccccc3)c3ccccc3)CC2)n2nc(C)c(-c3ccc(Cl)cc3)c2n1. The third kappa shape index (κ3) is 4.61. The molecule has 0 saturated carbocycles. The van der Waals surface area contributed by atoms with Gasteiger partial charge in [-0.15, -0.1) is 0 Å². The summed E-state index contributed by atoms with van der Waals surface area (Å²) >= 11 is 6.15. The fourth-order valence-corrected chi connectivity index (χ4v) is 5.80. The molecule has 5 aromatic rings. The molecule has 0 unspecified atom stereocenters. The quantitative estimate of drug-likeness (QED) is 0.356. The van der Waals surface area contributed by atoms with Crippen LogP contribution in [0.4, 0.5) is 5.82 Å². The monoisotopic (exact) mass is 508 g/mol. The second kappa shape index (κ2) is 10.0. The van der Waals surface area contributed by atoms with E-state index in [2.05, 4.69) is 85.5 Å². The maximum Gasteiger partial charge on any atom is 0.165 e. The van der Waals surface area contributed by atoms with Crippen LogP contribution in [0.15, 0.2) is 91.0 Å². The smallest absolute Gasteiger partial charge is 0.165 e. The number of anilines is 1. The number of aryl methyl sites for hydroxylation is 2. The van der Waals surface area contributed by atoms with Crippen LogP contribution in [0.5, 0.6) is 0 Å². The van der Waals surface area contributed by atoms with Gasteiger partial charge < -0.3 is 9.80 Å². The van der Waals surface area contributed by atoms with Gasteiger partial charge in [-0.3, -0.25) is 0 Å². The Kier molecular flexibility index (Phi) is 6.41. The molecule has 3 heterocycles. The number of hydrogen-bond acceptors (Lipinski definition) is 3. The molecule has 6 rings (SSSR count). The summed E-state index contributed by atoms with van der Waals surface area (Å²) in [5.41, 5.74) is 7.76. The molecule has 6 heteroatoms. The molecule has 0 spiro atoms. The number of hydrogen-bond donors (Lipinski definition) is 1. The average molecular weight is 509 g/mol. The fraction of sp³-hybridized carbons (Fsp3) is 0.226. The van der Waals surface area contributed by atoms with Crippen LogP contribution in [0.2, 0.25) is 5.02 Å². The van der Waals surface area contributed by atoms with Crippen molar-refractivity contribution in [2.24, 2.45) is 0 Å².